The number of nitrogens with one attached hydrogen (secondary N) is 1. The second-order valence-electron chi connectivity index (χ2n) is 11.0. The van der Waals surface area contributed by atoms with E-state index in [0.29, 0.717) is 27.9 Å². The number of benzene rings is 4. The van der Waals surface area contributed by atoms with Crippen LogP contribution in [0.4, 0.5) is 5.69 Å². The number of carbonyl (C=O) groups is 2. The highest BCUT2D eigenvalue weighted by atomic mass is 35.5. The lowest BCUT2D eigenvalue weighted by Gasteiger charge is -2.34. The van der Waals surface area contributed by atoms with E-state index in [4.69, 9.17) is 32.7 Å². The summed E-state index contributed by atoms with van der Waals surface area (Å²) in [4.78, 5) is 29.8. The van der Waals surface area contributed by atoms with Crippen molar-refractivity contribution in [3.8, 4) is 11.5 Å². The molecule has 0 radical (unpaired) electrons. The summed E-state index contributed by atoms with van der Waals surface area (Å²) in [6.45, 7) is 1.78. The Hall–Kier alpha value is -4.25. The Morgan fingerprint density at radius 3 is 2.17 bits per heavy atom. The first-order valence-corrected chi connectivity index (χ1v) is 17.6. The second-order valence-corrected chi connectivity index (χ2v) is 13.7. The van der Waals surface area contributed by atoms with Crippen molar-refractivity contribution in [1.82, 2.24) is 10.2 Å². The number of hydrogen-bond acceptors (Lipinski definition) is 6. The van der Waals surface area contributed by atoms with E-state index in [0.717, 1.165) is 22.7 Å². The van der Waals surface area contributed by atoms with E-state index in [1.165, 1.54) is 49.5 Å². The molecule has 0 unspecified atom stereocenters. The van der Waals surface area contributed by atoms with Gasteiger partial charge in [0, 0.05) is 35.6 Å². The van der Waals surface area contributed by atoms with Crippen LogP contribution in [0, 0.1) is 0 Å². The molecular weight excluding hydrogens is 673 g/mol. The van der Waals surface area contributed by atoms with Crippen LogP contribution < -0.4 is 19.1 Å². The van der Waals surface area contributed by atoms with Gasteiger partial charge in [0.2, 0.25) is 11.8 Å². The third-order valence-electron chi connectivity index (χ3n) is 7.74. The molecule has 0 aromatic heterocycles. The molecule has 4 rings (SSSR count). The predicted octanol–water partition coefficient (Wildman–Crippen LogP) is 6.76. The van der Waals surface area contributed by atoms with Crippen molar-refractivity contribution in [1.29, 1.82) is 0 Å². The lowest BCUT2D eigenvalue weighted by molar-refractivity contribution is -0.140. The van der Waals surface area contributed by atoms with Crippen molar-refractivity contribution >= 4 is 50.7 Å². The molecular formula is C36H39Cl2N3O6S. The summed E-state index contributed by atoms with van der Waals surface area (Å²) in [5, 5.41) is 3.77. The number of rotatable bonds is 16. The smallest absolute Gasteiger partial charge is 0.264 e. The summed E-state index contributed by atoms with van der Waals surface area (Å²) in [7, 11) is -1.53. The lowest BCUT2D eigenvalue weighted by atomic mass is 10.0. The van der Waals surface area contributed by atoms with Gasteiger partial charge in [-0.3, -0.25) is 13.9 Å². The number of hydrogen-bond donors (Lipinski definition) is 1. The molecule has 4 aromatic carbocycles. The number of nitrogens with zero attached hydrogens (tertiary/aromatic N) is 2. The maximum absolute atomic E-state index is 14.6. The molecule has 1 atom stereocenters. The van der Waals surface area contributed by atoms with E-state index in [-0.39, 0.29) is 35.2 Å². The first kappa shape index (κ1) is 36.6. The van der Waals surface area contributed by atoms with Gasteiger partial charge >= 0.3 is 0 Å². The van der Waals surface area contributed by atoms with Crippen molar-refractivity contribution in [2.24, 2.45) is 0 Å². The van der Waals surface area contributed by atoms with Crippen LogP contribution >= 0.6 is 23.2 Å². The Kier molecular flexibility index (Phi) is 13.1. The van der Waals surface area contributed by atoms with Gasteiger partial charge in [-0.2, -0.15) is 0 Å². The Morgan fingerprint density at radius 2 is 1.52 bits per heavy atom. The second kappa shape index (κ2) is 17.2. The fourth-order valence-electron chi connectivity index (χ4n) is 5.11. The SMILES string of the molecule is CCCCNC(=O)[C@@H](Cc1ccccc1)N(Cc1ccccc1Cl)C(=O)CN(c1ccc(Cl)cc1)S(=O)(=O)c1ccc(OC)c(OC)c1. The molecule has 0 aliphatic heterocycles. The van der Waals surface area contributed by atoms with E-state index < -0.39 is 28.5 Å². The molecule has 0 spiro atoms. The maximum Gasteiger partial charge on any atom is 0.264 e. The summed E-state index contributed by atoms with van der Waals surface area (Å²) in [5.41, 5.74) is 1.64. The van der Waals surface area contributed by atoms with Crippen LogP contribution in [0.3, 0.4) is 0 Å². The third-order valence-corrected chi connectivity index (χ3v) is 10.1. The molecule has 12 heteroatoms. The standard InChI is InChI=1S/C36H39Cl2N3O6S/c1-4-5-21-39-36(43)32(22-26-11-7-6-8-12-26)40(24-27-13-9-10-14-31(27)38)35(42)25-41(29-17-15-28(37)16-18-29)48(44,45)30-19-20-33(46-2)34(23-30)47-3/h6-20,23,32H,4-5,21-22,24-25H2,1-3H3,(H,39,43)/t32-/m1/s1. The minimum absolute atomic E-state index is 0.0396. The Bertz CT molecular complexity index is 1790. The number of ether oxygens (including phenoxy) is 2. The number of methoxy groups -OCH3 is 2. The third kappa shape index (κ3) is 9.21. The predicted molar refractivity (Wildman–Crippen MR) is 189 cm³/mol. The topological polar surface area (TPSA) is 105 Å². The first-order chi connectivity index (χ1) is 23.1. The summed E-state index contributed by atoms with van der Waals surface area (Å²) in [5.74, 6) is -0.420. The van der Waals surface area contributed by atoms with E-state index in [9.17, 15) is 18.0 Å². The number of sulfonamides is 1. The van der Waals surface area contributed by atoms with Crippen LogP contribution in [0.15, 0.2) is 102 Å². The zero-order valence-electron chi connectivity index (χ0n) is 27.1. The zero-order valence-corrected chi connectivity index (χ0v) is 29.4. The van der Waals surface area contributed by atoms with E-state index in [2.05, 4.69) is 5.32 Å². The number of amides is 2. The van der Waals surface area contributed by atoms with Gasteiger partial charge in [0.25, 0.3) is 10.0 Å². The van der Waals surface area contributed by atoms with E-state index >= 15 is 0 Å². The molecule has 1 N–H and O–H groups in total. The summed E-state index contributed by atoms with van der Waals surface area (Å²) < 4.78 is 40.4. The molecule has 4 aromatic rings. The van der Waals surface area contributed by atoms with Gasteiger partial charge in [-0.25, -0.2) is 8.42 Å². The molecule has 254 valence electrons. The quantitative estimate of drug-likeness (QED) is 0.129. The average molecular weight is 713 g/mol. The molecule has 0 aliphatic carbocycles. The van der Waals surface area contributed by atoms with Crippen LogP contribution in [-0.2, 0) is 32.6 Å². The van der Waals surface area contributed by atoms with Gasteiger partial charge in [-0.05, 0) is 60.0 Å². The zero-order chi connectivity index (χ0) is 34.7. The highest BCUT2D eigenvalue weighted by Gasteiger charge is 2.35. The molecule has 0 saturated carbocycles. The highest BCUT2D eigenvalue weighted by molar-refractivity contribution is 7.92. The Labute approximate surface area is 292 Å². The molecule has 0 aliphatic rings. The summed E-state index contributed by atoms with van der Waals surface area (Å²) >= 11 is 12.7. The largest absolute Gasteiger partial charge is 0.493 e. The Balaban J connectivity index is 1.82. The molecule has 0 fully saturated rings. The van der Waals surface area contributed by atoms with Gasteiger partial charge in [-0.15, -0.1) is 0 Å². The highest BCUT2D eigenvalue weighted by Crippen LogP contribution is 2.33. The monoisotopic (exact) mass is 711 g/mol. The molecule has 0 saturated heterocycles. The van der Waals surface area contributed by atoms with Gasteiger partial charge in [0.15, 0.2) is 11.5 Å². The van der Waals surface area contributed by atoms with Gasteiger partial charge in [-0.1, -0.05) is 85.1 Å². The molecule has 0 heterocycles. The van der Waals surface area contributed by atoms with Crippen LogP contribution in [0.5, 0.6) is 11.5 Å². The number of halogens is 2. The van der Waals surface area contributed by atoms with Crippen LogP contribution in [0.2, 0.25) is 10.0 Å². The fourth-order valence-corrected chi connectivity index (χ4v) is 6.86. The first-order valence-electron chi connectivity index (χ1n) is 15.4. The number of unbranched alkanes of at least 4 members (excludes halogenated alkanes) is 1. The van der Waals surface area contributed by atoms with Crippen LogP contribution in [0.1, 0.15) is 30.9 Å². The van der Waals surface area contributed by atoms with Crippen molar-refractivity contribution < 1.29 is 27.5 Å². The molecule has 0 bridgehead atoms. The molecule has 48 heavy (non-hydrogen) atoms. The van der Waals surface area contributed by atoms with Gasteiger partial charge < -0.3 is 19.7 Å². The molecule has 2 amide bonds. The van der Waals surface area contributed by atoms with Crippen molar-refractivity contribution in [2.45, 2.75) is 43.7 Å². The van der Waals surface area contributed by atoms with Gasteiger partial charge in [0.1, 0.15) is 12.6 Å². The van der Waals surface area contributed by atoms with Gasteiger partial charge in [0.05, 0.1) is 24.8 Å². The minimum Gasteiger partial charge on any atom is -0.493 e. The Morgan fingerprint density at radius 1 is 0.854 bits per heavy atom. The van der Waals surface area contributed by atoms with E-state index in [1.54, 1.807) is 36.4 Å². The van der Waals surface area contributed by atoms with Crippen LogP contribution in [-0.4, -0.2) is 58.5 Å². The number of anilines is 1. The normalized spacial score (nSPS) is 11.8. The minimum atomic E-state index is -4.38. The van der Waals surface area contributed by atoms with Crippen molar-refractivity contribution in [3.63, 3.8) is 0 Å². The maximum atomic E-state index is 14.6. The summed E-state index contributed by atoms with van der Waals surface area (Å²) in [6.07, 6.45) is 1.82. The van der Waals surface area contributed by atoms with Crippen molar-refractivity contribution in [2.75, 3.05) is 31.6 Å². The van der Waals surface area contributed by atoms with Crippen LogP contribution in [0.25, 0.3) is 0 Å². The lowest BCUT2D eigenvalue weighted by Crippen LogP contribution is -2.53. The van der Waals surface area contributed by atoms with Crippen molar-refractivity contribution in [3.05, 3.63) is 118 Å². The fraction of sp³-hybridized carbons (Fsp3) is 0.278. The van der Waals surface area contributed by atoms with E-state index in [1.807, 2.05) is 37.3 Å². The molecule has 9 nitrogen and oxygen atoms in total. The average Bonchev–Trinajstić information content (AvgIpc) is 3.09. The number of carbonyl (C=O) groups excluding carboxylic acids is 2. The summed E-state index contributed by atoms with van der Waals surface area (Å²) in [6, 6.07) is 25.7.